The summed E-state index contributed by atoms with van der Waals surface area (Å²) >= 11 is 5.90. The maximum absolute atomic E-state index is 11.9. The minimum atomic E-state index is -0.0920. The van der Waals surface area contributed by atoms with E-state index in [0.717, 1.165) is 0 Å². The van der Waals surface area contributed by atoms with Crippen molar-refractivity contribution in [2.24, 2.45) is 0 Å². The second-order valence-corrected chi connectivity index (χ2v) is 4.59. The van der Waals surface area contributed by atoms with Crippen LogP contribution in [0.25, 0.3) is 0 Å². The van der Waals surface area contributed by atoms with E-state index >= 15 is 0 Å². The molecule has 1 aromatic heterocycles. The van der Waals surface area contributed by atoms with Gasteiger partial charge in [-0.2, -0.15) is 5.10 Å². The molecular formula is C13H15ClN4O2. The average molecular weight is 295 g/mol. The van der Waals surface area contributed by atoms with Gasteiger partial charge in [0.15, 0.2) is 0 Å². The second kappa shape index (κ2) is 6.91. The molecule has 2 aromatic rings. The quantitative estimate of drug-likeness (QED) is 0.888. The summed E-state index contributed by atoms with van der Waals surface area (Å²) in [5, 5.41) is 7.31. The lowest BCUT2D eigenvalue weighted by Crippen LogP contribution is -2.13. The first kappa shape index (κ1) is 14.3. The molecule has 0 saturated carbocycles. The zero-order valence-corrected chi connectivity index (χ0v) is 11.8. The standard InChI is InChI=1S/C13H15ClN4O2/c1-20-12-5-4-10(14)7-11(12)17-13(19)3-2-6-18-9-15-8-16-18/h4-5,7-9H,2-3,6H2,1H3,(H,17,19). The zero-order chi connectivity index (χ0) is 14.4. The third kappa shape index (κ3) is 3.96. The fourth-order valence-electron chi connectivity index (χ4n) is 1.74. The van der Waals surface area contributed by atoms with Gasteiger partial charge in [0.25, 0.3) is 0 Å². The predicted molar refractivity (Wildman–Crippen MR) is 75.9 cm³/mol. The topological polar surface area (TPSA) is 69.0 Å². The fraction of sp³-hybridized carbons (Fsp3) is 0.308. The molecule has 0 bridgehead atoms. The molecule has 1 heterocycles. The lowest BCUT2D eigenvalue weighted by molar-refractivity contribution is -0.116. The Labute approximate surface area is 121 Å². The molecule has 0 radical (unpaired) electrons. The number of benzene rings is 1. The molecule has 1 amide bonds. The van der Waals surface area contributed by atoms with Crippen LogP contribution in [0.1, 0.15) is 12.8 Å². The van der Waals surface area contributed by atoms with E-state index in [1.165, 1.54) is 6.33 Å². The Bertz CT molecular complexity index is 572. The summed E-state index contributed by atoms with van der Waals surface area (Å²) in [4.78, 5) is 15.7. The number of rotatable bonds is 6. The molecule has 0 unspecified atom stereocenters. The zero-order valence-electron chi connectivity index (χ0n) is 11.0. The Hall–Kier alpha value is -2.08. The summed E-state index contributed by atoms with van der Waals surface area (Å²) in [6.07, 6.45) is 4.16. The molecule has 0 spiro atoms. The minimum absolute atomic E-state index is 0.0920. The minimum Gasteiger partial charge on any atom is -0.495 e. The van der Waals surface area contributed by atoms with Crippen molar-refractivity contribution in [2.75, 3.05) is 12.4 Å². The monoisotopic (exact) mass is 294 g/mol. The maximum atomic E-state index is 11.9. The van der Waals surface area contributed by atoms with Crippen LogP contribution < -0.4 is 10.1 Å². The summed E-state index contributed by atoms with van der Waals surface area (Å²) in [6, 6.07) is 5.09. The molecule has 0 aliphatic heterocycles. The van der Waals surface area contributed by atoms with E-state index in [9.17, 15) is 4.79 Å². The Kier molecular flexibility index (Phi) is 4.95. The highest BCUT2D eigenvalue weighted by Crippen LogP contribution is 2.27. The molecule has 0 aliphatic carbocycles. The van der Waals surface area contributed by atoms with Crippen molar-refractivity contribution >= 4 is 23.2 Å². The number of hydrogen-bond acceptors (Lipinski definition) is 4. The van der Waals surface area contributed by atoms with Crippen molar-refractivity contribution in [2.45, 2.75) is 19.4 Å². The van der Waals surface area contributed by atoms with E-state index in [-0.39, 0.29) is 5.91 Å². The Morgan fingerprint density at radius 1 is 1.50 bits per heavy atom. The average Bonchev–Trinajstić information content (AvgIpc) is 2.92. The maximum Gasteiger partial charge on any atom is 0.224 e. The molecule has 1 aromatic carbocycles. The van der Waals surface area contributed by atoms with Crippen LogP contribution in [0.2, 0.25) is 5.02 Å². The number of hydrogen-bond donors (Lipinski definition) is 1. The highest BCUT2D eigenvalue weighted by atomic mass is 35.5. The van der Waals surface area contributed by atoms with E-state index < -0.39 is 0 Å². The number of carbonyl (C=O) groups excluding carboxylic acids is 1. The molecule has 7 heteroatoms. The van der Waals surface area contributed by atoms with Gasteiger partial charge in [-0.1, -0.05) is 11.6 Å². The normalized spacial score (nSPS) is 10.3. The fourth-order valence-corrected chi connectivity index (χ4v) is 1.91. The lowest BCUT2D eigenvalue weighted by atomic mass is 10.2. The molecule has 1 N–H and O–H groups in total. The van der Waals surface area contributed by atoms with Crippen molar-refractivity contribution in [3.63, 3.8) is 0 Å². The SMILES string of the molecule is COc1ccc(Cl)cc1NC(=O)CCCn1cncn1. The first-order valence-electron chi connectivity index (χ1n) is 6.15. The predicted octanol–water partition coefficient (Wildman–Crippen LogP) is 2.36. The van der Waals surface area contributed by atoms with E-state index in [4.69, 9.17) is 16.3 Å². The highest BCUT2D eigenvalue weighted by molar-refractivity contribution is 6.31. The summed E-state index contributed by atoms with van der Waals surface area (Å²) in [5.41, 5.74) is 0.575. The Balaban J connectivity index is 1.86. The van der Waals surface area contributed by atoms with Crippen molar-refractivity contribution < 1.29 is 9.53 Å². The second-order valence-electron chi connectivity index (χ2n) is 4.15. The molecule has 106 valence electrons. The third-order valence-corrected chi connectivity index (χ3v) is 2.93. The van der Waals surface area contributed by atoms with Crippen molar-refractivity contribution in [1.82, 2.24) is 14.8 Å². The molecule has 20 heavy (non-hydrogen) atoms. The third-order valence-electron chi connectivity index (χ3n) is 2.69. The number of ether oxygens (including phenoxy) is 1. The van der Waals surface area contributed by atoms with Gasteiger partial charge in [0.2, 0.25) is 5.91 Å². The molecule has 2 rings (SSSR count). The van der Waals surface area contributed by atoms with Crippen LogP contribution >= 0.6 is 11.6 Å². The summed E-state index contributed by atoms with van der Waals surface area (Å²) in [5.74, 6) is 0.490. The Morgan fingerprint density at radius 3 is 3.05 bits per heavy atom. The number of anilines is 1. The van der Waals surface area contributed by atoms with Gasteiger partial charge < -0.3 is 10.1 Å². The van der Waals surface area contributed by atoms with Crippen LogP contribution in [-0.2, 0) is 11.3 Å². The van der Waals surface area contributed by atoms with E-state index in [1.54, 1.807) is 36.3 Å². The molecule has 0 atom stereocenters. The summed E-state index contributed by atoms with van der Waals surface area (Å²) < 4.78 is 6.86. The van der Waals surface area contributed by atoms with Crippen molar-refractivity contribution in [1.29, 1.82) is 0 Å². The Morgan fingerprint density at radius 2 is 2.35 bits per heavy atom. The van der Waals surface area contributed by atoms with Gasteiger partial charge in [-0.3, -0.25) is 9.48 Å². The molecule has 0 saturated heterocycles. The number of aromatic nitrogens is 3. The van der Waals surface area contributed by atoms with Gasteiger partial charge in [-0.15, -0.1) is 0 Å². The number of nitrogens with zero attached hydrogens (tertiary/aromatic N) is 3. The molecule has 0 aliphatic rings. The van der Waals surface area contributed by atoms with Gasteiger partial charge in [0, 0.05) is 18.0 Å². The van der Waals surface area contributed by atoms with Crippen LogP contribution in [0.5, 0.6) is 5.75 Å². The lowest BCUT2D eigenvalue weighted by Gasteiger charge is -2.10. The molecular weight excluding hydrogens is 280 g/mol. The van der Waals surface area contributed by atoms with Crippen LogP contribution in [0.3, 0.4) is 0 Å². The smallest absolute Gasteiger partial charge is 0.224 e. The van der Waals surface area contributed by atoms with E-state index in [1.807, 2.05) is 0 Å². The largest absolute Gasteiger partial charge is 0.495 e. The van der Waals surface area contributed by atoms with Gasteiger partial charge in [0.1, 0.15) is 18.4 Å². The van der Waals surface area contributed by atoms with Gasteiger partial charge >= 0.3 is 0 Å². The van der Waals surface area contributed by atoms with Crippen LogP contribution in [0.15, 0.2) is 30.9 Å². The number of carbonyl (C=O) groups is 1. The van der Waals surface area contributed by atoms with Gasteiger partial charge in [-0.25, -0.2) is 4.98 Å². The molecule has 0 fully saturated rings. The molecule has 6 nitrogen and oxygen atoms in total. The number of amides is 1. The first-order chi connectivity index (χ1) is 9.69. The van der Waals surface area contributed by atoms with Gasteiger partial charge in [0.05, 0.1) is 12.8 Å². The van der Waals surface area contributed by atoms with Crippen LogP contribution in [-0.4, -0.2) is 27.8 Å². The number of nitrogens with one attached hydrogen (secondary N) is 1. The summed E-state index contributed by atoms with van der Waals surface area (Å²) in [6.45, 7) is 0.653. The highest BCUT2D eigenvalue weighted by Gasteiger charge is 2.08. The number of halogens is 1. The van der Waals surface area contributed by atoms with Crippen LogP contribution in [0, 0.1) is 0 Å². The number of aryl methyl sites for hydroxylation is 1. The van der Waals surface area contributed by atoms with Gasteiger partial charge in [-0.05, 0) is 24.6 Å². The van der Waals surface area contributed by atoms with E-state index in [2.05, 4.69) is 15.4 Å². The summed E-state index contributed by atoms with van der Waals surface area (Å²) in [7, 11) is 1.55. The first-order valence-corrected chi connectivity index (χ1v) is 6.52. The van der Waals surface area contributed by atoms with Crippen LogP contribution in [0.4, 0.5) is 5.69 Å². The van der Waals surface area contributed by atoms with E-state index in [0.29, 0.717) is 35.8 Å². The van der Waals surface area contributed by atoms with Crippen molar-refractivity contribution in [3.8, 4) is 5.75 Å². The van der Waals surface area contributed by atoms with Crippen molar-refractivity contribution in [3.05, 3.63) is 35.9 Å². The number of methoxy groups -OCH3 is 1.